The molecule has 0 amide bonds. The van der Waals surface area contributed by atoms with E-state index in [0.29, 0.717) is 25.7 Å². The van der Waals surface area contributed by atoms with Crippen LogP contribution in [0.4, 0.5) is 0 Å². The molecule has 0 aromatic heterocycles. The second-order valence-electron chi connectivity index (χ2n) is 7.00. The highest BCUT2D eigenvalue weighted by molar-refractivity contribution is 9.10. The van der Waals surface area contributed by atoms with Crippen molar-refractivity contribution in [1.29, 1.82) is 0 Å². The van der Waals surface area contributed by atoms with Crippen molar-refractivity contribution in [2.45, 2.75) is 44.2 Å². The molecule has 2 aliphatic carbocycles. The molecular weight excluding hydrogens is 356 g/mol. The van der Waals surface area contributed by atoms with Crippen molar-refractivity contribution in [2.24, 2.45) is 22.1 Å². The number of hydrogen-bond acceptors (Lipinski definition) is 4. The van der Waals surface area contributed by atoms with Gasteiger partial charge in [0, 0.05) is 16.9 Å². The highest BCUT2D eigenvalue weighted by Crippen LogP contribution is 2.62. The summed E-state index contributed by atoms with van der Waals surface area (Å²) in [5, 5.41) is 0. The lowest BCUT2D eigenvalue weighted by Gasteiger charge is -2.47. The number of fused-ring (bicyclic) bond motifs is 3. The average molecular weight is 384 g/mol. The fourth-order valence-electron chi connectivity index (χ4n) is 4.71. The van der Waals surface area contributed by atoms with Gasteiger partial charge in [0.25, 0.3) is 6.02 Å². The van der Waals surface area contributed by atoms with Crippen LogP contribution in [0.5, 0.6) is 0 Å². The van der Waals surface area contributed by atoms with Crippen LogP contribution in [0, 0.1) is 11.3 Å². The zero-order valence-electron chi connectivity index (χ0n) is 17.9. The van der Waals surface area contributed by atoms with Crippen molar-refractivity contribution < 1.29 is 16.3 Å². The predicted molar refractivity (Wildman–Crippen MR) is 93.3 cm³/mol. The number of ether oxygens (including phenoxy) is 2. The molecule has 1 aromatic rings. The Balaban J connectivity index is 1.80. The molecule has 1 heterocycles. The van der Waals surface area contributed by atoms with E-state index < -0.39 is 30.7 Å². The summed E-state index contributed by atoms with van der Waals surface area (Å²) in [4.78, 5) is 4.59. The van der Waals surface area contributed by atoms with E-state index in [0.717, 1.165) is 15.6 Å². The predicted octanol–water partition coefficient (Wildman–Crippen LogP) is 3.37. The molecule has 1 saturated carbocycles. The normalized spacial score (nSPS) is 44.6. The first kappa shape index (κ1) is 10.7. The topological polar surface area (TPSA) is 56.8 Å². The molecule has 3 aliphatic rings. The van der Waals surface area contributed by atoms with Gasteiger partial charge in [0.05, 0.1) is 13.0 Å². The molecule has 5 heteroatoms. The van der Waals surface area contributed by atoms with Crippen LogP contribution in [0.2, 0.25) is 0 Å². The van der Waals surface area contributed by atoms with E-state index in [9.17, 15) is 0 Å². The van der Waals surface area contributed by atoms with Gasteiger partial charge in [-0.25, -0.2) is 4.99 Å². The van der Waals surface area contributed by atoms with E-state index in [-0.39, 0.29) is 11.9 Å². The largest absolute Gasteiger partial charge is 0.462 e. The van der Waals surface area contributed by atoms with E-state index in [2.05, 4.69) is 20.9 Å². The van der Waals surface area contributed by atoms with E-state index in [1.807, 2.05) is 25.1 Å². The number of amidine groups is 1. The number of nitrogens with zero attached hydrogens (tertiary/aromatic N) is 1. The van der Waals surface area contributed by atoms with Gasteiger partial charge in [-0.2, -0.15) is 0 Å². The fraction of sp³-hybridized carbons (Fsp3) is 0.611. The molecule has 23 heavy (non-hydrogen) atoms. The van der Waals surface area contributed by atoms with Crippen molar-refractivity contribution in [3.8, 4) is 0 Å². The third-order valence-corrected chi connectivity index (χ3v) is 6.24. The highest BCUT2D eigenvalue weighted by atomic mass is 79.9. The highest BCUT2D eigenvalue weighted by Gasteiger charge is 2.62. The van der Waals surface area contributed by atoms with Gasteiger partial charge in [0.2, 0.25) is 0 Å². The van der Waals surface area contributed by atoms with Gasteiger partial charge in [-0.15, -0.1) is 0 Å². The smallest absolute Gasteiger partial charge is 0.283 e. The molecule has 0 radical (unpaired) electrons. The first-order valence-corrected chi connectivity index (χ1v) is 8.70. The Labute approximate surface area is 152 Å². The zero-order valence-corrected chi connectivity index (χ0v) is 14.5. The minimum absolute atomic E-state index is 0.0726. The maximum Gasteiger partial charge on any atom is 0.283 e. The molecule has 0 bridgehead atoms. The molecule has 4 nitrogen and oxygen atoms in total. The SMILES string of the molecule is [2H]C([2H])([2H])O[C@H]1CC[C@@]2(Cc3ccc(Br)cc3[C@]23N=C(N)OC3([2H])[2H])C[C@@H]1C. The molecule has 1 aliphatic heterocycles. The molecule has 1 fully saturated rings. The number of nitrogens with two attached hydrogens (primary N) is 1. The molecule has 2 spiro atoms. The Hall–Kier alpha value is -1.07. The molecule has 0 unspecified atom stereocenters. The molecule has 0 saturated heterocycles. The maximum absolute atomic E-state index is 8.70. The minimum Gasteiger partial charge on any atom is -0.462 e. The number of benzene rings is 1. The number of aliphatic imine (C=N–C) groups is 1. The summed E-state index contributed by atoms with van der Waals surface area (Å²) >= 11 is 3.49. The second kappa shape index (κ2) is 5.21. The summed E-state index contributed by atoms with van der Waals surface area (Å²) in [7, 11) is -2.45. The van der Waals surface area contributed by atoms with E-state index in [1.54, 1.807) is 0 Å². The zero-order chi connectivity index (χ0) is 20.5. The van der Waals surface area contributed by atoms with Gasteiger partial charge in [0.15, 0.2) is 0 Å². The Morgan fingerprint density at radius 2 is 2.43 bits per heavy atom. The van der Waals surface area contributed by atoms with Crippen LogP contribution in [0.1, 0.15) is 44.2 Å². The van der Waals surface area contributed by atoms with Gasteiger partial charge in [-0.3, -0.25) is 0 Å². The van der Waals surface area contributed by atoms with Crippen LogP contribution in [0.3, 0.4) is 0 Å². The van der Waals surface area contributed by atoms with Gasteiger partial charge in [-0.1, -0.05) is 28.9 Å². The summed E-state index contributed by atoms with van der Waals surface area (Å²) in [5.74, 6) is -0.0726. The van der Waals surface area contributed by atoms with Crippen LogP contribution >= 0.6 is 15.9 Å². The van der Waals surface area contributed by atoms with E-state index in [4.69, 9.17) is 22.1 Å². The lowest BCUT2D eigenvalue weighted by molar-refractivity contribution is -0.0445. The van der Waals surface area contributed by atoms with Crippen molar-refractivity contribution in [3.05, 3.63) is 33.8 Å². The fourth-order valence-corrected chi connectivity index (χ4v) is 5.08. The minimum atomic E-state index is -2.45. The van der Waals surface area contributed by atoms with Crippen molar-refractivity contribution in [1.82, 2.24) is 0 Å². The number of rotatable bonds is 1. The third-order valence-electron chi connectivity index (χ3n) is 5.75. The van der Waals surface area contributed by atoms with E-state index in [1.165, 1.54) is 0 Å². The Bertz CT molecular complexity index is 846. The molecular formula is C18H23BrN2O2. The summed E-state index contributed by atoms with van der Waals surface area (Å²) in [5.41, 5.74) is 5.86. The van der Waals surface area contributed by atoms with Gasteiger partial charge in [-0.05, 0) is 54.9 Å². The second-order valence-corrected chi connectivity index (χ2v) is 7.92. The monoisotopic (exact) mass is 383 g/mol. The van der Waals surface area contributed by atoms with E-state index >= 15 is 0 Å². The summed E-state index contributed by atoms with van der Waals surface area (Å²) in [6.07, 6.45) is 1.89. The quantitative estimate of drug-likeness (QED) is 0.808. The van der Waals surface area contributed by atoms with Gasteiger partial charge < -0.3 is 15.2 Å². The van der Waals surface area contributed by atoms with Crippen LogP contribution in [-0.2, 0) is 21.4 Å². The summed E-state index contributed by atoms with van der Waals surface area (Å²) in [6, 6.07) is 5.69. The molecule has 4 atom stereocenters. The number of methoxy groups -OCH3 is 1. The summed E-state index contributed by atoms with van der Waals surface area (Å²) < 4.78 is 51.2. The number of hydrogen-bond donors (Lipinski definition) is 1. The van der Waals surface area contributed by atoms with Gasteiger partial charge in [0.1, 0.15) is 12.1 Å². The molecule has 1 aromatic carbocycles. The van der Waals surface area contributed by atoms with Crippen LogP contribution in [0.15, 0.2) is 27.7 Å². The first-order chi connectivity index (χ1) is 12.9. The third kappa shape index (κ3) is 2.09. The average Bonchev–Trinajstić information content (AvgIpc) is 2.94. The molecule has 2 N–H and O–H groups in total. The first-order valence-electron chi connectivity index (χ1n) is 10.4. The Morgan fingerprint density at radius 3 is 3.13 bits per heavy atom. The van der Waals surface area contributed by atoms with Crippen molar-refractivity contribution in [3.63, 3.8) is 0 Å². The van der Waals surface area contributed by atoms with Crippen LogP contribution < -0.4 is 5.73 Å². The Morgan fingerprint density at radius 1 is 1.57 bits per heavy atom. The lowest BCUT2D eigenvalue weighted by atomic mass is 9.59. The molecule has 4 rings (SSSR count). The maximum atomic E-state index is 8.70. The van der Waals surface area contributed by atoms with Crippen LogP contribution in [0.25, 0.3) is 0 Å². The van der Waals surface area contributed by atoms with Crippen LogP contribution in [-0.4, -0.2) is 25.7 Å². The van der Waals surface area contributed by atoms with Gasteiger partial charge >= 0.3 is 0 Å². The summed E-state index contributed by atoms with van der Waals surface area (Å²) in [6.45, 7) is -0.136. The van der Waals surface area contributed by atoms with Crippen molar-refractivity contribution >= 4 is 22.0 Å². The van der Waals surface area contributed by atoms with Crippen molar-refractivity contribution in [2.75, 3.05) is 13.6 Å². The molecule has 124 valence electrons. The Kier molecular flexibility index (Phi) is 2.43. The number of halogens is 1. The lowest BCUT2D eigenvalue weighted by Crippen LogP contribution is -2.48. The standard InChI is InChI=1S/C18H23BrN2O2/c1-11-8-17(6-5-15(11)22-2)9-12-3-4-13(19)7-14(12)18(17)10-23-16(20)21-18/h3-4,7,11,15H,5-6,8-10H2,1-2H3,(H2,20,21)/t11-,15-,17-,18-/m0/s1/i2D3,10D2.